The second kappa shape index (κ2) is 12.8. The van der Waals surface area contributed by atoms with Crippen LogP contribution in [0.3, 0.4) is 0 Å². The Morgan fingerprint density at radius 2 is 1.80 bits per heavy atom. The van der Waals surface area contributed by atoms with Gasteiger partial charge in [-0.1, -0.05) is 58.4 Å². The van der Waals surface area contributed by atoms with Crippen LogP contribution in [0.4, 0.5) is 11.4 Å². The van der Waals surface area contributed by atoms with Gasteiger partial charge in [0.25, 0.3) is 0 Å². The normalized spacial score (nSPS) is 27.3. The molecule has 7 atom stereocenters. The average Bonchev–Trinajstić information content (AvgIpc) is 3.62. The molecule has 0 aliphatic carbocycles. The van der Waals surface area contributed by atoms with E-state index >= 15 is 0 Å². The number of aliphatic hydroxyl groups is 1. The van der Waals surface area contributed by atoms with Crippen molar-refractivity contribution < 1.29 is 24.2 Å². The quantitative estimate of drug-likeness (QED) is 0.248. The summed E-state index contributed by atoms with van der Waals surface area (Å²) in [6.45, 7) is 6.04. The van der Waals surface area contributed by atoms with Crippen molar-refractivity contribution in [2.75, 3.05) is 23.8 Å². The Labute approximate surface area is 276 Å². The summed E-state index contributed by atoms with van der Waals surface area (Å²) >= 11 is 5.41. The molecule has 0 saturated carbocycles. The summed E-state index contributed by atoms with van der Waals surface area (Å²) in [4.78, 5) is 44.7. The van der Waals surface area contributed by atoms with Crippen LogP contribution in [0.2, 0.25) is 0 Å². The number of nitrogens with zero attached hydrogens (tertiary/aromatic N) is 1. The molecule has 1 spiro atoms. The first-order chi connectivity index (χ1) is 21.7. The van der Waals surface area contributed by atoms with Gasteiger partial charge in [-0.05, 0) is 80.6 Å². The Kier molecular flexibility index (Phi) is 9.00. The number of anilines is 2. The molecule has 3 aromatic rings. The SMILES string of the molecule is CCOc1ccc(NC(=O)[C@H]2[C@@H]3SC4(CC3Br)C(C(=O)Nc3cc(C)ccc3C)N([C@@H](CO)Cc3ccccc3)C(=O)[C@H]24)cc1. The lowest BCUT2D eigenvalue weighted by atomic mass is 9.70. The molecule has 0 radical (unpaired) electrons. The zero-order valence-electron chi connectivity index (χ0n) is 25.5. The monoisotopic (exact) mass is 691 g/mol. The van der Waals surface area contributed by atoms with Gasteiger partial charge in [-0.3, -0.25) is 14.4 Å². The molecule has 3 amide bonds. The smallest absolute Gasteiger partial charge is 0.248 e. The van der Waals surface area contributed by atoms with E-state index in [1.807, 2.05) is 69.3 Å². The first kappa shape index (κ1) is 31.6. The largest absolute Gasteiger partial charge is 0.494 e. The molecule has 8 nitrogen and oxygen atoms in total. The minimum atomic E-state index is -0.880. The van der Waals surface area contributed by atoms with Gasteiger partial charge < -0.3 is 25.4 Å². The van der Waals surface area contributed by atoms with Crippen molar-refractivity contribution in [3.05, 3.63) is 89.5 Å². The third-order valence-corrected chi connectivity index (χ3v) is 12.5. The molecular weight excluding hydrogens is 654 g/mol. The zero-order chi connectivity index (χ0) is 31.9. The van der Waals surface area contributed by atoms with Crippen LogP contribution >= 0.6 is 27.7 Å². The maximum atomic E-state index is 14.7. The van der Waals surface area contributed by atoms with Gasteiger partial charge in [0.2, 0.25) is 17.7 Å². The van der Waals surface area contributed by atoms with E-state index in [4.69, 9.17) is 4.74 Å². The number of aryl methyl sites for hydroxylation is 2. The summed E-state index contributed by atoms with van der Waals surface area (Å²) in [5, 5.41) is 16.7. The standard InChI is InChI=1S/C35H38BrN3O5S/c1-4-44-25-14-12-23(13-15-25)37-32(41)28-29-34(43)39(24(19-40)17-22-8-6-5-7-9-22)31(35(29)18-26(36)30(28)45-35)33(42)38-27-16-20(2)10-11-21(27)3/h5-16,24,26,28-31,40H,4,17-19H2,1-3H3,(H,37,41)(H,38,42)/t24-,26?,28-,29+,30-,31?,35?/m1/s1. The number of nitrogens with one attached hydrogen (secondary N) is 2. The van der Waals surface area contributed by atoms with Gasteiger partial charge in [0.15, 0.2) is 0 Å². The van der Waals surface area contributed by atoms with Crippen LogP contribution in [-0.2, 0) is 20.8 Å². The van der Waals surface area contributed by atoms with Gasteiger partial charge in [0.05, 0.1) is 35.8 Å². The minimum absolute atomic E-state index is 0.0692. The van der Waals surface area contributed by atoms with Gasteiger partial charge in [-0.25, -0.2) is 0 Å². The fraction of sp³-hybridized carbons (Fsp3) is 0.400. The molecule has 45 heavy (non-hydrogen) atoms. The summed E-state index contributed by atoms with van der Waals surface area (Å²) in [6.07, 6.45) is 0.935. The van der Waals surface area contributed by atoms with Crippen LogP contribution in [-0.4, -0.2) is 67.8 Å². The molecule has 3 aliphatic heterocycles. The number of alkyl halides is 1. The number of benzene rings is 3. The molecule has 3 heterocycles. The van der Waals surface area contributed by atoms with Gasteiger partial charge in [0.1, 0.15) is 11.8 Å². The van der Waals surface area contributed by atoms with Crippen LogP contribution in [0, 0.1) is 25.7 Å². The second-order valence-corrected chi connectivity index (χ2v) is 14.9. The highest BCUT2D eigenvalue weighted by Gasteiger charge is 2.76. The Morgan fingerprint density at radius 3 is 2.49 bits per heavy atom. The fourth-order valence-electron chi connectivity index (χ4n) is 7.30. The van der Waals surface area contributed by atoms with E-state index < -0.39 is 28.7 Å². The average molecular weight is 693 g/mol. The lowest BCUT2D eigenvalue weighted by Gasteiger charge is -2.37. The Hall–Kier alpha value is -3.34. The molecule has 3 N–H and O–H groups in total. The third-order valence-electron chi connectivity index (χ3n) is 9.28. The summed E-state index contributed by atoms with van der Waals surface area (Å²) in [6, 6.07) is 21.2. The van der Waals surface area contributed by atoms with Crippen molar-refractivity contribution in [1.82, 2.24) is 4.90 Å². The lowest BCUT2D eigenvalue weighted by Crippen LogP contribution is -2.55. The Morgan fingerprint density at radius 1 is 1.07 bits per heavy atom. The number of halogens is 1. The number of hydrogen-bond acceptors (Lipinski definition) is 6. The molecule has 3 fully saturated rings. The predicted octanol–water partition coefficient (Wildman–Crippen LogP) is 5.35. The van der Waals surface area contributed by atoms with Crippen molar-refractivity contribution in [1.29, 1.82) is 0 Å². The van der Waals surface area contributed by atoms with Crippen LogP contribution in [0.15, 0.2) is 72.8 Å². The van der Waals surface area contributed by atoms with Crippen molar-refractivity contribution in [2.24, 2.45) is 11.8 Å². The van der Waals surface area contributed by atoms with Crippen LogP contribution in [0.1, 0.15) is 30.0 Å². The van der Waals surface area contributed by atoms with Crippen molar-refractivity contribution in [3.63, 3.8) is 0 Å². The van der Waals surface area contributed by atoms with Crippen molar-refractivity contribution in [3.8, 4) is 5.75 Å². The first-order valence-corrected chi connectivity index (χ1v) is 17.2. The number of fused-ring (bicyclic) bond motifs is 1. The number of likely N-dealkylation sites (tertiary alicyclic amines) is 1. The zero-order valence-corrected chi connectivity index (χ0v) is 27.9. The number of carbonyl (C=O) groups is 3. The molecule has 10 heteroatoms. The molecule has 3 aromatic carbocycles. The van der Waals surface area contributed by atoms with Gasteiger partial charge in [-0.2, -0.15) is 0 Å². The number of ether oxygens (including phenoxy) is 1. The summed E-state index contributed by atoms with van der Waals surface area (Å²) in [5.41, 5.74) is 4.17. The Balaban J connectivity index is 1.37. The molecule has 3 unspecified atom stereocenters. The second-order valence-electron chi connectivity index (χ2n) is 12.2. The lowest BCUT2D eigenvalue weighted by molar-refractivity contribution is -0.141. The van der Waals surface area contributed by atoms with Crippen LogP contribution in [0.25, 0.3) is 0 Å². The predicted molar refractivity (Wildman–Crippen MR) is 181 cm³/mol. The number of hydrogen-bond donors (Lipinski definition) is 3. The van der Waals surface area contributed by atoms with Gasteiger partial charge >= 0.3 is 0 Å². The number of carbonyl (C=O) groups excluding carboxylic acids is 3. The molecule has 3 saturated heterocycles. The Bertz CT molecular complexity index is 1590. The molecule has 236 valence electrons. The van der Waals surface area contributed by atoms with E-state index in [0.717, 1.165) is 16.7 Å². The highest BCUT2D eigenvalue weighted by Crippen LogP contribution is 2.68. The fourth-order valence-corrected chi connectivity index (χ4v) is 10.9. The molecule has 6 rings (SSSR count). The summed E-state index contributed by atoms with van der Waals surface area (Å²) < 4.78 is 4.69. The van der Waals surface area contributed by atoms with E-state index in [1.54, 1.807) is 40.9 Å². The highest BCUT2D eigenvalue weighted by atomic mass is 79.9. The number of amides is 3. The van der Waals surface area contributed by atoms with Crippen LogP contribution < -0.4 is 15.4 Å². The van der Waals surface area contributed by atoms with Gasteiger partial charge in [-0.15, -0.1) is 11.8 Å². The maximum Gasteiger partial charge on any atom is 0.248 e. The number of aliphatic hydroxyl groups excluding tert-OH is 1. The van der Waals surface area contributed by atoms with Crippen molar-refractivity contribution in [2.45, 2.75) is 60.5 Å². The van der Waals surface area contributed by atoms with E-state index in [-0.39, 0.29) is 34.4 Å². The van der Waals surface area contributed by atoms with Crippen molar-refractivity contribution >= 4 is 56.8 Å². The third kappa shape index (κ3) is 5.77. The van der Waals surface area contributed by atoms with E-state index in [9.17, 15) is 19.5 Å². The van der Waals surface area contributed by atoms with Gasteiger partial charge in [0, 0.05) is 21.5 Å². The number of rotatable bonds is 10. The molecule has 0 aromatic heterocycles. The topological polar surface area (TPSA) is 108 Å². The van der Waals surface area contributed by atoms with E-state index in [2.05, 4.69) is 26.6 Å². The molecular formula is C35H38BrN3O5S. The minimum Gasteiger partial charge on any atom is -0.494 e. The van der Waals surface area contributed by atoms with E-state index in [0.29, 0.717) is 36.6 Å². The summed E-state index contributed by atoms with van der Waals surface area (Å²) in [7, 11) is 0. The number of thioether (sulfide) groups is 1. The van der Waals surface area contributed by atoms with Crippen LogP contribution in [0.5, 0.6) is 5.75 Å². The summed E-state index contributed by atoms with van der Waals surface area (Å²) in [5.74, 6) is -1.48. The maximum absolute atomic E-state index is 14.7. The first-order valence-electron chi connectivity index (χ1n) is 15.4. The van der Waals surface area contributed by atoms with E-state index in [1.165, 1.54) is 0 Å². The molecule has 2 bridgehead atoms. The molecule has 3 aliphatic rings. The highest BCUT2D eigenvalue weighted by molar-refractivity contribution is 9.09.